The molecular formula is C10H15N3O4. The summed E-state index contributed by atoms with van der Waals surface area (Å²) in [5.41, 5.74) is 4.75. The molecule has 17 heavy (non-hydrogen) atoms. The van der Waals surface area contributed by atoms with Crippen molar-refractivity contribution >= 4 is 5.82 Å². The number of aliphatic hydroxyl groups is 2. The first-order valence-corrected chi connectivity index (χ1v) is 5.41. The smallest absolute Gasteiger partial charge is 0.351 e. The van der Waals surface area contributed by atoms with E-state index in [1.807, 2.05) is 6.92 Å². The molecule has 0 bridgehead atoms. The largest absolute Gasteiger partial charge is 0.388 e. The molecule has 2 heterocycles. The van der Waals surface area contributed by atoms with E-state index in [1.165, 1.54) is 12.3 Å². The number of nitrogens with two attached hydrogens (primary N) is 1. The molecule has 2 rings (SSSR count). The fraction of sp³-hybridized carbons (Fsp3) is 0.600. The predicted molar refractivity (Wildman–Crippen MR) is 59.1 cm³/mol. The Bertz CT molecular complexity index is 461. The first-order chi connectivity index (χ1) is 8.04. The molecule has 0 saturated carbocycles. The van der Waals surface area contributed by atoms with Crippen molar-refractivity contribution in [2.24, 2.45) is 0 Å². The van der Waals surface area contributed by atoms with E-state index in [-0.39, 0.29) is 5.82 Å². The molecule has 0 aliphatic carbocycles. The highest BCUT2D eigenvalue weighted by Gasteiger charge is 2.43. The Morgan fingerprint density at radius 2 is 2.24 bits per heavy atom. The summed E-state index contributed by atoms with van der Waals surface area (Å²) in [6.07, 6.45) is -1.62. The lowest BCUT2D eigenvalue weighted by Crippen LogP contribution is -2.35. The van der Waals surface area contributed by atoms with Gasteiger partial charge in [0.1, 0.15) is 18.0 Å². The minimum atomic E-state index is -1.15. The number of ether oxygens (including phenoxy) is 1. The minimum Gasteiger partial charge on any atom is -0.388 e. The monoisotopic (exact) mass is 241 g/mol. The molecule has 0 amide bonds. The standard InChI is InChI=1S/C10H15N3O4/c1-2-5-7(14)8(15)9(17-5)13-4-3-6(11)12-10(13)16/h3-5,7-9,14-15H,2H2,1H3,(H2,11,12,16)/t5-,7?,8?,9-/m1/s1. The summed E-state index contributed by atoms with van der Waals surface area (Å²) in [5.74, 6) is 0.103. The molecule has 1 fully saturated rings. The number of hydrogen-bond acceptors (Lipinski definition) is 6. The normalized spacial score (nSPS) is 32.9. The zero-order valence-corrected chi connectivity index (χ0v) is 9.35. The number of anilines is 1. The van der Waals surface area contributed by atoms with E-state index in [0.29, 0.717) is 6.42 Å². The molecule has 0 aromatic carbocycles. The van der Waals surface area contributed by atoms with Crippen LogP contribution >= 0.6 is 0 Å². The van der Waals surface area contributed by atoms with Gasteiger partial charge in [0.25, 0.3) is 0 Å². The number of hydrogen-bond donors (Lipinski definition) is 3. The molecular weight excluding hydrogens is 226 g/mol. The third-order valence-corrected chi connectivity index (χ3v) is 2.87. The Hall–Kier alpha value is -1.44. The lowest BCUT2D eigenvalue weighted by molar-refractivity contribution is -0.0403. The molecule has 1 aromatic rings. The molecule has 94 valence electrons. The highest BCUT2D eigenvalue weighted by Crippen LogP contribution is 2.29. The summed E-state index contributed by atoms with van der Waals surface area (Å²) in [7, 11) is 0. The Morgan fingerprint density at radius 1 is 1.53 bits per heavy atom. The van der Waals surface area contributed by atoms with Crippen LogP contribution in [0.5, 0.6) is 0 Å². The first-order valence-electron chi connectivity index (χ1n) is 5.41. The third kappa shape index (κ3) is 2.04. The van der Waals surface area contributed by atoms with Gasteiger partial charge in [0, 0.05) is 6.20 Å². The highest BCUT2D eigenvalue weighted by atomic mass is 16.6. The van der Waals surface area contributed by atoms with E-state index in [0.717, 1.165) is 4.57 Å². The summed E-state index contributed by atoms with van der Waals surface area (Å²) in [6.45, 7) is 1.83. The van der Waals surface area contributed by atoms with Crippen LogP contribution in [0, 0.1) is 0 Å². The first kappa shape index (κ1) is 12.0. The molecule has 7 nitrogen and oxygen atoms in total. The van der Waals surface area contributed by atoms with Crippen LogP contribution < -0.4 is 11.4 Å². The summed E-state index contributed by atoms with van der Waals surface area (Å²) >= 11 is 0. The second-order valence-electron chi connectivity index (χ2n) is 4.00. The van der Waals surface area contributed by atoms with Crippen LogP contribution in [0.1, 0.15) is 19.6 Å². The van der Waals surface area contributed by atoms with Crippen molar-refractivity contribution in [3.63, 3.8) is 0 Å². The lowest BCUT2D eigenvalue weighted by Gasteiger charge is -2.16. The fourth-order valence-corrected chi connectivity index (χ4v) is 1.92. The van der Waals surface area contributed by atoms with Gasteiger partial charge in [-0.25, -0.2) is 4.79 Å². The maximum Gasteiger partial charge on any atom is 0.351 e. The van der Waals surface area contributed by atoms with Gasteiger partial charge in [0.15, 0.2) is 6.23 Å². The molecule has 0 spiro atoms. The zero-order chi connectivity index (χ0) is 12.6. The van der Waals surface area contributed by atoms with Gasteiger partial charge in [-0.3, -0.25) is 4.57 Å². The van der Waals surface area contributed by atoms with Gasteiger partial charge in [-0.05, 0) is 12.5 Å². The van der Waals surface area contributed by atoms with Crippen LogP contribution in [0.4, 0.5) is 5.82 Å². The predicted octanol–water partition coefficient (Wildman–Crippen LogP) is -1.15. The van der Waals surface area contributed by atoms with Crippen LogP contribution in [0.2, 0.25) is 0 Å². The van der Waals surface area contributed by atoms with Crippen molar-refractivity contribution in [3.8, 4) is 0 Å². The molecule has 4 N–H and O–H groups in total. The van der Waals surface area contributed by atoms with Crippen LogP contribution in [-0.4, -0.2) is 38.1 Å². The Balaban J connectivity index is 2.32. The average molecular weight is 241 g/mol. The molecule has 4 atom stereocenters. The number of rotatable bonds is 2. The molecule has 2 unspecified atom stereocenters. The summed E-state index contributed by atoms with van der Waals surface area (Å²) in [6, 6.07) is 1.43. The summed E-state index contributed by atoms with van der Waals surface area (Å²) < 4.78 is 6.55. The van der Waals surface area contributed by atoms with Gasteiger partial charge in [-0.2, -0.15) is 4.98 Å². The van der Waals surface area contributed by atoms with E-state index in [1.54, 1.807) is 0 Å². The summed E-state index contributed by atoms with van der Waals surface area (Å²) in [5, 5.41) is 19.5. The van der Waals surface area contributed by atoms with E-state index < -0.39 is 30.2 Å². The van der Waals surface area contributed by atoms with Crippen molar-refractivity contribution in [1.82, 2.24) is 9.55 Å². The average Bonchev–Trinajstić information content (AvgIpc) is 2.57. The lowest BCUT2D eigenvalue weighted by atomic mass is 10.1. The number of nitrogen functional groups attached to an aromatic ring is 1. The minimum absolute atomic E-state index is 0.103. The van der Waals surface area contributed by atoms with E-state index in [9.17, 15) is 15.0 Å². The van der Waals surface area contributed by atoms with Crippen molar-refractivity contribution in [1.29, 1.82) is 0 Å². The third-order valence-electron chi connectivity index (χ3n) is 2.87. The molecule has 0 radical (unpaired) electrons. The van der Waals surface area contributed by atoms with Gasteiger partial charge in [0.2, 0.25) is 0 Å². The Morgan fingerprint density at radius 3 is 2.76 bits per heavy atom. The number of nitrogens with zero attached hydrogens (tertiary/aromatic N) is 2. The second-order valence-corrected chi connectivity index (χ2v) is 4.00. The Kier molecular flexibility index (Phi) is 3.14. The maximum absolute atomic E-state index is 11.6. The molecule has 1 aliphatic rings. The van der Waals surface area contributed by atoms with E-state index in [4.69, 9.17) is 10.5 Å². The van der Waals surface area contributed by atoms with E-state index >= 15 is 0 Å². The van der Waals surface area contributed by atoms with E-state index in [2.05, 4.69) is 4.98 Å². The maximum atomic E-state index is 11.6. The summed E-state index contributed by atoms with van der Waals surface area (Å²) in [4.78, 5) is 15.1. The SMILES string of the molecule is CC[C@H]1O[C@@H](n2ccc(N)nc2=O)C(O)C1O. The van der Waals surface area contributed by atoms with Crippen molar-refractivity contribution in [3.05, 3.63) is 22.7 Å². The van der Waals surface area contributed by atoms with Gasteiger partial charge in [-0.15, -0.1) is 0 Å². The molecule has 7 heteroatoms. The fourth-order valence-electron chi connectivity index (χ4n) is 1.92. The zero-order valence-electron chi connectivity index (χ0n) is 9.35. The second kappa shape index (κ2) is 4.44. The van der Waals surface area contributed by atoms with Gasteiger partial charge in [-0.1, -0.05) is 6.92 Å². The van der Waals surface area contributed by atoms with Gasteiger partial charge in [0.05, 0.1) is 6.10 Å². The van der Waals surface area contributed by atoms with Crippen molar-refractivity contribution in [2.45, 2.75) is 37.9 Å². The van der Waals surface area contributed by atoms with Crippen molar-refractivity contribution < 1.29 is 14.9 Å². The molecule has 1 aromatic heterocycles. The number of aromatic nitrogens is 2. The topological polar surface area (TPSA) is 111 Å². The molecule has 1 aliphatic heterocycles. The molecule has 1 saturated heterocycles. The Labute approximate surface area is 97.5 Å². The number of aliphatic hydroxyl groups excluding tert-OH is 2. The highest BCUT2D eigenvalue weighted by molar-refractivity contribution is 5.23. The van der Waals surface area contributed by atoms with Crippen LogP contribution in [-0.2, 0) is 4.74 Å². The van der Waals surface area contributed by atoms with Gasteiger partial charge < -0.3 is 20.7 Å². The van der Waals surface area contributed by atoms with Crippen LogP contribution in [0.15, 0.2) is 17.1 Å². The quantitative estimate of drug-likeness (QED) is 0.603. The van der Waals surface area contributed by atoms with Gasteiger partial charge >= 0.3 is 5.69 Å². The van der Waals surface area contributed by atoms with Crippen LogP contribution in [0.25, 0.3) is 0 Å². The van der Waals surface area contributed by atoms with Crippen molar-refractivity contribution in [2.75, 3.05) is 5.73 Å². The van der Waals surface area contributed by atoms with Crippen LogP contribution in [0.3, 0.4) is 0 Å².